The van der Waals surface area contributed by atoms with Gasteiger partial charge in [-0.1, -0.05) is 55.4 Å². The van der Waals surface area contributed by atoms with Crippen molar-refractivity contribution in [3.8, 4) is 11.4 Å². The van der Waals surface area contributed by atoms with Crippen LogP contribution in [0.25, 0.3) is 11.4 Å². The summed E-state index contributed by atoms with van der Waals surface area (Å²) in [6.45, 7) is 6.13. The van der Waals surface area contributed by atoms with E-state index in [1.54, 1.807) is 6.07 Å². The number of aryl methyl sites for hydroxylation is 1. The van der Waals surface area contributed by atoms with E-state index in [1.165, 1.54) is 12.5 Å². The van der Waals surface area contributed by atoms with Crippen LogP contribution in [0.5, 0.6) is 0 Å². The number of nitrogens with zero attached hydrogens (tertiary/aromatic N) is 2. The Balaban J connectivity index is 1.49. The van der Waals surface area contributed by atoms with Crippen LogP contribution >= 0.6 is 0 Å². The molecule has 2 amide bonds. The molecule has 156 valence electrons. The second kappa shape index (κ2) is 9.82. The molecule has 1 heterocycles. The van der Waals surface area contributed by atoms with Crippen molar-refractivity contribution < 1.29 is 14.1 Å². The standard InChI is InChI=1S/C23H26N4O3/c1-15(2)18-7-9-19(10-8-18)23-26-22(30-27-23)12-11-21(29)24-14-17-5-4-6-20(13-17)25-16(3)28/h4-10,13,15H,11-12,14H2,1-3H3,(H,24,29)(H,25,28). The van der Waals surface area contributed by atoms with Gasteiger partial charge in [0.25, 0.3) is 0 Å². The zero-order chi connectivity index (χ0) is 21.5. The molecule has 30 heavy (non-hydrogen) atoms. The minimum Gasteiger partial charge on any atom is -0.352 e. The first-order chi connectivity index (χ1) is 14.4. The Morgan fingerprint density at radius 1 is 1.10 bits per heavy atom. The second-order valence-corrected chi connectivity index (χ2v) is 7.45. The molecule has 7 heteroatoms. The van der Waals surface area contributed by atoms with Gasteiger partial charge in [-0.25, -0.2) is 0 Å². The molecule has 3 aromatic rings. The number of nitrogens with one attached hydrogen (secondary N) is 2. The van der Waals surface area contributed by atoms with E-state index >= 15 is 0 Å². The third-order valence-corrected chi connectivity index (χ3v) is 4.61. The fourth-order valence-electron chi connectivity index (χ4n) is 2.96. The maximum atomic E-state index is 12.2. The third kappa shape index (κ3) is 6.01. The zero-order valence-corrected chi connectivity index (χ0v) is 17.4. The summed E-state index contributed by atoms with van der Waals surface area (Å²) in [6, 6.07) is 15.4. The SMILES string of the molecule is CC(=O)Nc1cccc(CNC(=O)CCc2nc(-c3ccc(C(C)C)cc3)no2)c1. The van der Waals surface area contributed by atoms with E-state index in [1.807, 2.05) is 30.3 Å². The highest BCUT2D eigenvalue weighted by Crippen LogP contribution is 2.20. The van der Waals surface area contributed by atoms with Gasteiger partial charge in [0.2, 0.25) is 23.5 Å². The maximum absolute atomic E-state index is 12.2. The van der Waals surface area contributed by atoms with E-state index in [0.29, 0.717) is 36.3 Å². The Labute approximate surface area is 175 Å². The molecular formula is C23H26N4O3. The highest BCUT2D eigenvalue weighted by atomic mass is 16.5. The van der Waals surface area contributed by atoms with Gasteiger partial charge >= 0.3 is 0 Å². The lowest BCUT2D eigenvalue weighted by atomic mass is 10.0. The lowest BCUT2D eigenvalue weighted by Crippen LogP contribution is -2.23. The predicted octanol–water partition coefficient (Wildman–Crippen LogP) is 4.07. The number of amides is 2. The van der Waals surface area contributed by atoms with Gasteiger partial charge in [-0.05, 0) is 29.2 Å². The highest BCUT2D eigenvalue weighted by Gasteiger charge is 2.11. The van der Waals surface area contributed by atoms with Gasteiger partial charge in [0.05, 0.1) is 0 Å². The van der Waals surface area contributed by atoms with Crippen LogP contribution in [0.4, 0.5) is 5.69 Å². The third-order valence-electron chi connectivity index (χ3n) is 4.61. The zero-order valence-electron chi connectivity index (χ0n) is 17.4. The van der Waals surface area contributed by atoms with Crippen LogP contribution in [0, 0.1) is 0 Å². The number of hydrogen-bond donors (Lipinski definition) is 2. The summed E-state index contributed by atoms with van der Waals surface area (Å²) >= 11 is 0. The van der Waals surface area contributed by atoms with E-state index in [9.17, 15) is 9.59 Å². The highest BCUT2D eigenvalue weighted by molar-refractivity contribution is 5.88. The van der Waals surface area contributed by atoms with Crippen LogP contribution in [-0.2, 0) is 22.6 Å². The Hall–Kier alpha value is -3.48. The first-order valence-electron chi connectivity index (χ1n) is 9.97. The van der Waals surface area contributed by atoms with Crippen molar-refractivity contribution in [2.75, 3.05) is 5.32 Å². The molecule has 3 rings (SSSR count). The van der Waals surface area contributed by atoms with Crippen LogP contribution in [0.1, 0.15) is 50.1 Å². The molecule has 0 fully saturated rings. The molecule has 1 aromatic heterocycles. The summed E-state index contributed by atoms with van der Waals surface area (Å²) in [5.41, 5.74) is 3.74. The molecule has 0 saturated heterocycles. The lowest BCUT2D eigenvalue weighted by molar-refractivity contribution is -0.121. The normalized spacial score (nSPS) is 10.8. The Morgan fingerprint density at radius 2 is 1.87 bits per heavy atom. The molecular weight excluding hydrogens is 380 g/mol. The molecule has 0 spiro atoms. The van der Waals surface area contributed by atoms with E-state index in [-0.39, 0.29) is 18.2 Å². The number of carbonyl (C=O) groups excluding carboxylic acids is 2. The second-order valence-electron chi connectivity index (χ2n) is 7.45. The Kier molecular flexibility index (Phi) is 6.95. The molecule has 0 bridgehead atoms. The van der Waals surface area contributed by atoms with Gasteiger partial charge in [0.15, 0.2) is 0 Å². The number of rotatable bonds is 8. The summed E-state index contributed by atoms with van der Waals surface area (Å²) < 4.78 is 5.28. The van der Waals surface area contributed by atoms with Crippen molar-refractivity contribution in [1.82, 2.24) is 15.5 Å². The molecule has 0 unspecified atom stereocenters. The molecule has 7 nitrogen and oxygen atoms in total. The van der Waals surface area contributed by atoms with E-state index in [0.717, 1.165) is 11.1 Å². The van der Waals surface area contributed by atoms with Crippen LogP contribution in [0.3, 0.4) is 0 Å². The van der Waals surface area contributed by atoms with Crippen LogP contribution in [0.2, 0.25) is 0 Å². The summed E-state index contributed by atoms with van der Waals surface area (Å²) in [5, 5.41) is 9.60. The van der Waals surface area contributed by atoms with E-state index in [4.69, 9.17) is 4.52 Å². The Bertz CT molecular complexity index is 1010. The van der Waals surface area contributed by atoms with Gasteiger partial charge < -0.3 is 15.2 Å². The summed E-state index contributed by atoms with van der Waals surface area (Å²) in [5.74, 6) is 1.18. The topological polar surface area (TPSA) is 97.1 Å². The molecule has 0 atom stereocenters. The molecule has 2 N–H and O–H groups in total. The minimum absolute atomic E-state index is 0.110. The number of benzene rings is 2. The molecule has 0 saturated carbocycles. The van der Waals surface area contributed by atoms with Crippen molar-refractivity contribution in [3.05, 3.63) is 65.5 Å². The quantitative estimate of drug-likeness (QED) is 0.588. The number of hydrogen-bond acceptors (Lipinski definition) is 5. The number of anilines is 1. The lowest BCUT2D eigenvalue weighted by Gasteiger charge is -2.07. The van der Waals surface area contributed by atoms with Crippen LogP contribution in [0.15, 0.2) is 53.1 Å². The summed E-state index contributed by atoms with van der Waals surface area (Å²) in [6.07, 6.45) is 0.619. The fourth-order valence-corrected chi connectivity index (χ4v) is 2.96. The Morgan fingerprint density at radius 3 is 2.57 bits per heavy atom. The first-order valence-corrected chi connectivity index (χ1v) is 9.97. The van der Waals surface area contributed by atoms with Gasteiger partial charge in [-0.15, -0.1) is 0 Å². The van der Waals surface area contributed by atoms with Gasteiger partial charge in [0.1, 0.15) is 0 Å². The maximum Gasteiger partial charge on any atom is 0.227 e. The average Bonchev–Trinajstić information content (AvgIpc) is 3.20. The molecule has 0 aliphatic heterocycles. The van der Waals surface area contributed by atoms with E-state index < -0.39 is 0 Å². The summed E-state index contributed by atoms with van der Waals surface area (Å²) in [4.78, 5) is 27.7. The summed E-state index contributed by atoms with van der Waals surface area (Å²) in [7, 11) is 0. The molecule has 2 aromatic carbocycles. The average molecular weight is 406 g/mol. The van der Waals surface area contributed by atoms with Crippen LogP contribution < -0.4 is 10.6 Å². The minimum atomic E-state index is -0.133. The van der Waals surface area contributed by atoms with Crippen molar-refractivity contribution in [2.24, 2.45) is 0 Å². The smallest absolute Gasteiger partial charge is 0.227 e. The largest absolute Gasteiger partial charge is 0.352 e. The van der Waals surface area contributed by atoms with Crippen molar-refractivity contribution in [3.63, 3.8) is 0 Å². The van der Waals surface area contributed by atoms with Crippen molar-refractivity contribution >= 4 is 17.5 Å². The van der Waals surface area contributed by atoms with Crippen LogP contribution in [-0.4, -0.2) is 22.0 Å². The number of aromatic nitrogens is 2. The molecule has 0 aliphatic carbocycles. The van der Waals surface area contributed by atoms with Crippen molar-refractivity contribution in [2.45, 2.75) is 46.1 Å². The number of carbonyl (C=O) groups is 2. The first kappa shape index (κ1) is 21.2. The predicted molar refractivity (Wildman–Crippen MR) is 115 cm³/mol. The van der Waals surface area contributed by atoms with Gasteiger partial charge in [-0.3, -0.25) is 9.59 Å². The molecule has 0 radical (unpaired) electrons. The fraction of sp³-hybridized carbons (Fsp3) is 0.304. The van der Waals surface area contributed by atoms with Gasteiger partial charge in [0, 0.05) is 37.6 Å². The monoisotopic (exact) mass is 406 g/mol. The molecule has 0 aliphatic rings. The van der Waals surface area contributed by atoms with Gasteiger partial charge in [-0.2, -0.15) is 4.98 Å². The van der Waals surface area contributed by atoms with Crippen molar-refractivity contribution in [1.29, 1.82) is 0 Å². The van der Waals surface area contributed by atoms with E-state index in [2.05, 4.69) is 46.8 Å².